The van der Waals surface area contributed by atoms with Crippen molar-refractivity contribution < 1.29 is 27.0 Å². The summed E-state index contributed by atoms with van der Waals surface area (Å²) in [6.07, 6.45) is 12.7. The van der Waals surface area contributed by atoms with E-state index in [9.17, 15) is 27.0 Å². The second-order valence-corrected chi connectivity index (χ2v) is 20.4. The number of aromatic nitrogens is 4. The Morgan fingerprint density at radius 3 is 1.36 bits per heavy atom. The Kier molecular flexibility index (Phi) is 7.56. The largest absolute Gasteiger partial charge is 0.392 e. The van der Waals surface area contributed by atoms with Gasteiger partial charge in [-0.25, -0.2) is 26.8 Å². The molecule has 4 fully saturated rings. The Hall–Kier alpha value is -3.32. The third-order valence-corrected chi connectivity index (χ3v) is 16.8. The predicted octanol–water partition coefficient (Wildman–Crippen LogP) is 4.84. The molecule has 10 nitrogen and oxygen atoms in total. The van der Waals surface area contributed by atoms with E-state index in [1.165, 1.54) is 22.3 Å². The average molecular weight is 717 g/mol. The van der Waals surface area contributed by atoms with E-state index in [0.29, 0.717) is 25.7 Å². The van der Waals surface area contributed by atoms with E-state index in [0.717, 1.165) is 37.1 Å². The molecule has 4 aromatic rings. The molecule has 2 saturated carbocycles. The van der Waals surface area contributed by atoms with Crippen LogP contribution >= 0.6 is 0 Å². The molecule has 0 bridgehead atoms. The highest BCUT2D eigenvalue weighted by atomic mass is 32.2. The molecule has 6 aliphatic rings. The van der Waals surface area contributed by atoms with E-state index in [1.54, 1.807) is 0 Å². The number of benzene rings is 2. The van der Waals surface area contributed by atoms with Crippen molar-refractivity contribution in [2.75, 3.05) is 23.0 Å². The van der Waals surface area contributed by atoms with Crippen molar-refractivity contribution in [2.45, 2.75) is 75.7 Å². The van der Waals surface area contributed by atoms with E-state index in [4.69, 9.17) is 0 Å². The van der Waals surface area contributed by atoms with Crippen molar-refractivity contribution in [1.29, 1.82) is 0 Å². The van der Waals surface area contributed by atoms with E-state index < -0.39 is 31.9 Å². The lowest BCUT2D eigenvalue weighted by atomic mass is 9.76. The van der Waals surface area contributed by atoms with Gasteiger partial charge in [0.1, 0.15) is 19.7 Å². The van der Waals surface area contributed by atoms with Crippen LogP contribution in [0, 0.1) is 22.7 Å². The van der Waals surface area contributed by atoms with E-state index in [-0.39, 0.29) is 57.8 Å². The monoisotopic (exact) mass is 716 g/mol. The molecule has 2 aromatic heterocycles. The van der Waals surface area contributed by atoms with Crippen LogP contribution in [0.15, 0.2) is 73.6 Å². The van der Waals surface area contributed by atoms with Gasteiger partial charge in [-0.15, -0.1) is 0 Å². The Labute approximate surface area is 293 Å². The lowest BCUT2D eigenvalue weighted by Crippen LogP contribution is -2.42. The van der Waals surface area contributed by atoms with E-state index >= 15 is 0 Å². The van der Waals surface area contributed by atoms with Crippen LogP contribution in [-0.2, 0) is 19.7 Å². The summed E-state index contributed by atoms with van der Waals surface area (Å²) in [5.74, 6) is 1.08. The molecule has 12 heteroatoms. The molecule has 2 N–H and O–H groups in total. The molecular weight excluding hydrogens is 673 g/mol. The summed E-state index contributed by atoms with van der Waals surface area (Å²) in [4.78, 5) is 8.63. The van der Waals surface area contributed by atoms with Gasteiger partial charge in [-0.3, -0.25) is 0 Å². The smallest absolute Gasteiger partial charge is 0.150 e. The number of fused-ring (bicyclic) bond motifs is 6. The minimum absolute atomic E-state index is 0.0987. The summed E-state index contributed by atoms with van der Waals surface area (Å²) in [5.41, 5.74) is 6.67. The number of nitrogens with zero attached hydrogens (tertiary/aromatic N) is 4. The summed E-state index contributed by atoms with van der Waals surface area (Å²) in [6.45, 7) is 0. The zero-order chi connectivity index (χ0) is 34.5. The van der Waals surface area contributed by atoms with Crippen LogP contribution in [0.2, 0.25) is 0 Å². The molecule has 6 heterocycles. The molecule has 2 aromatic carbocycles. The first-order chi connectivity index (χ1) is 24.0. The first-order valence-electron chi connectivity index (χ1n) is 18.0. The van der Waals surface area contributed by atoms with Crippen LogP contribution < -0.4 is 0 Å². The second-order valence-electron chi connectivity index (χ2n) is 15.8. The van der Waals surface area contributed by atoms with Gasteiger partial charge in [0.15, 0.2) is 0 Å². The number of rotatable bonds is 2. The van der Waals surface area contributed by atoms with E-state index in [2.05, 4.69) is 55.5 Å². The minimum Gasteiger partial charge on any atom is -0.392 e. The number of imidazole rings is 2. The molecule has 10 rings (SSSR count). The number of aliphatic hydroxyl groups is 2. The first-order valence-corrected chi connectivity index (χ1v) is 21.7. The van der Waals surface area contributed by atoms with Crippen molar-refractivity contribution >= 4 is 19.7 Å². The molecule has 264 valence electrons. The molecule has 0 radical (unpaired) electrons. The fourth-order valence-corrected chi connectivity index (χ4v) is 14.0. The van der Waals surface area contributed by atoms with Crippen molar-refractivity contribution in [3.8, 4) is 22.5 Å². The zero-order valence-electron chi connectivity index (χ0n) is 28.0. The second kappa shape index (κ2) is 11.6. The summed E-state index contributed by atoms with van der Waals surface area (Å²) in [6, 6.07) is 16.9. The van der Waals surface area contributed by atoms with Gasteiger partial charge >= 0.3 is 0 Å². The SMILES string of the molecule is O=S1(=O)CCC2(CC[C@@H]([C@H]3c4ccccc4-c4cncn43)[C@H]2O)CC1.O=S1(=O)CCC2(CC[C@H]([C@@H]3c4ccccc4-c4cncn43)[C@@H]2O)CC1. The van der Waals surface area contributed by atoms with Gasteiger partial charge in [0.05, 0.1) is 83.7 Å². The number of hydrogen-bond donors (Lipinski definition) is 2. The molecule has 2 spiro atoms. The highest BCUT2D eigenvalue weighted by Crippen LogP contribution is 2.57. The van der Waals surface area contributed by atoms with Crippen molar-refractivity contribution in [3.63, 3.8) is 0 Å². The van der Waals surface area contributed by atoms with Gasteiger partial charge in [0.25, 0.3) is 0 Å². The highest BCUT2D eigenvalue weighted by Gasteiger charge is 2.55. The zero-order valence-corrected chi connectivity index (χ0v) is 29.6. The van der Waals surface area contributed by atoms with Gasteiger partial charge < -0.3 is 19.3 Å². The number of aliphatic hydroxyl groups excluding tert-OH is 2. The molecular formula is C38H44N4O6S2. The topological polar surface area (TPSA) is 144 Å². The van der Waals surface area contributed by atoms with Crippen LogP contribution in [0.25, 0.3) is 22.5 Å². The Bertz CT molecular complexity index is 1990. The summed E-state index contributed by atoms with van der Waals surface area (Å²) >= 11 is 0. The Balaban J connectivity index is 0.000000135. The predicted molar refractivity (Wildman–Crippen MR) is 190 cm³/mol. The minimum atomic E-state index is -2.92. The standard InChI is InChI=1S/2C19H22N2O3S/c2*22-18-15(5-6-19(18)7-9-25(23,24)10-8-19)17-14-4-2-1-3-13(14)16-11-20-12-21(16)17/h2*1-4,11-12,15,17-18,22H,5-10H2/t2*15-,17+,18+/m10/s1. The summed E-state index contributed by atoms with van der Waals surface area (Å²) in [5, 5.41) is 22.5. The maximum Gasteiger partial charge on any atom is 0.150 e. The maximum atomic E-state index is 11.8. The normalized spacial score (nSPS) is 31.8. The molecule has 2 aliphatic carbocycles. The fourth-order valence-electron chi connectivity index (χ4n) is 10.7. The van der Waals surface area contributed by atoms with Crippen LogP contribution in [0.3, 0.4) is 0 Å². The van der Waals surface area contributed by atoms with Gasteiger partial charge in [-0.2, -0.15) is 0 Å². The van der Waals surface area contributed by atoms with Crippen LogP contribution in [0.5, 0.6) is 0 Å². The molecule has 0 amide bonds. The van der Waals surface area contributed by atoms with Crippen LogP contribution in [0.4, 0.5) is 0 Å². The fraction of sp³-hybridized carbons (Fsp3) is 0.526. The Morgan fingerprint density at radius 2 is 0.960 bits per heavy atom. The molecule has 6 atom stereocenters. The first kappa shape index (κ1) is 32.6. The maximum absolute atomic E-state index is 11.8. The molecule has 4 aliphatic heterocycles. The summed E-state index contributed by atoms with van der Waals surface area (Å²) in [7, 11) is -5.84. The van der Waals surface area contributed by atoms with Gasteiger partial charge in [-0.05, 0) is 73.3 Å². The summed E-state index contributed by atoms with van der Waals surface area (Å²) < 4.78 is 51.7. The lowest BCUT2D eigenvalue weighted by Gasteiger charge is -2.38. The van der Waals surface area contributed by atoms with Gasteiger partial charge in [-0.1, -0.05) is 48.5 Å². The third-order valence-electron chi connectivity index (χ3n) is 13.5. The molecule has 0 unspecified atom stereocenters. The van der Waals surface area contributed by atoms with Crippen molar-refractivity contribution in [2.24, 2.45) is 22.7 Å². The van der Waals surface area contributed by atoms with Crippen molar-refractivity contribution in [1.82, 2.24) is 19.1 Å². The highest BCUT2D eigenvalue weighted by molar-refractivity contribution is 7.91. The number of sulfone groups is 2. The van der Waals surface area contributed by atoms with Gasteiger partial charge in [0, 0.05) is 23.0 Å². The van der Waals surface area contributed by atoms with E-state index in [1.807, 2.05) is 37.2 Å². The van der Waals surface area contributed by atoms with Gasteiger partial charge in [0.2, 0.25) is 0 Å². The molecule has 50 heavy (non-hydrogen) atoms. The molecule has 2 saturated heterocycles. The quantitative estimate of drug-likeness (QED) is 0.300. The Morgan fingerprint density at radius 1 is 0.580 bits per heavy atom. The van der Waals surface area contributed by atoms with Crippen LogP contribution in [-0.4, -0.2) is 81.4 Å². The van der Waals surface area contributed by atoms with Crippen LogP contribution in [0.1, 0.15) is 74.6 Å². The lowest BCUT2D eigenvalue weighted by molar-refractivity contribution is 0.00744. The van der Waals surface area contributed by atoms with Crippen molar-refractivity contribution in [3.05, 3.63) is 84.7 Å². The average Bonchev–Trinajstić information content (AvgIpc) is 3.95. The number of hydrogen-bond acceptors (Lipinski definition) is 8. The third kappa shape index (κ3) is 4.99.